The second kappa shape index (κ2) is 7.55. The lowest BCUT2D eigenvalue weighted by molar-refractivity contribution is 0.0947. The van der Waals surface area contributed by atoms with Gasteiger partial charge in [0.1, 0.15) is 0 Å². The zero-order chi connectivity index (χ0) is 20.7. The number of benzene rings is 1. The van der Waals surface area contributed by atoms with Crippen molar-refractivity contribution in [3.8, 4) is 23.1 Å². The minimum Gasteiger partial charge on any atom is -0.356 e. The third-order valence-corrected chi connectivity index (χ3v) is 5.98. The van der Waals surface area contributed by atoms with E-state index in [2.05, 4.69) is 32.4 Å². The molecule has 3 heterocycles. The number of carbonyl (C=O) groups is 1. The molecule has 3 aromatic rings. The molecule has 0 atom stereocenters. The average Bonchev–Trinajstić information content (AvgIpc) is 3.51. The number of pyridine rings is 1. The molecular weight excluding hydrogens is 396 g/mol. The molecule has 1 amide bonds. The van der Waals surface area contributed by atoms with Crippen molar-refractivity contribution >= 4 is 28.9 Å². The highest BCUT2D eigenvalue weighted by Crippen LogP contribution is 2.39. The third-order valence-electron chi connectivity index (χ3n) is 5.57. The van der Waals surface area contributed by atoms with E-state index in [0.717, 1.165) is 45.9 Å². The molecule has 5 rings (SSSR count). The molecule has 5 nitrogen and oxygen atoms in total. The van der Waals surface area contributed by atoms with Gasteiger partial charge in [-0.15, -0.1) is 0 Å². The standard InChI is InChI=1S/C24H21ClN4O/c1-14-18(25)3-2-4-19(14)28-23-21-20(10-12-27-24(21)30)29-22(23)17-9-11-26-13-16(17)8-7-15-5-6-15/h2-4,9,11,13,15,28-29H,5-6,10,12H2,1H3,(H,27,30). The summed E-state index contributed by atoms with van der Waals surface area (Å²) in [6, 6.07) is 7.67. The van der Waals surface area contributed by atoms with E-state index in [1.54, 1.807) is 12.4 Å². The van der Waals surface area contributed by atoms with Crippen LogP contribution in [0.5, 0.6) is 0 Å². The van der Waals surface area contributed by atoms with Crippen LogP contribution in [-0.4, -0.2) is 22.4 Å². The second-order valence-electron chi connectivity index (χ2n) is 7.74. The molecule has 1 aliphatic carbocycles. The number of hydrogen-bond donors (Lipinski definition) is 3. The van der Waals surface area contributed by atoms with Gasteiger partial charge in [0.15, 0.2) is 0 Å². The van der Waals surface area contributed by atoms with E-state index in [1.807, 2.05) is 31.2 Å². The van der Waals surface area contributed by atoms with Crippen LogP contribution in [0.1, 0.15) is 40.0 Å². The van der Waals surface area contributed by atoms with Crippen molar-refractivity contribution in [1.82, 2.24) is 15.3 Å². The summed E-state index contributed by atoms with van der Waals surface area (Å²) < 4.78 is 0. The van der Waals surface area contributed by atoms with Crippen molar-refractivity contribution in [3.63, 3.8) is 0 Å². The first-order valence-electron chi connectivity index (χ1n) is 10.1. The number of nitrogens with zero attached hydrogens (tertiary/aromatic N) is 1. The Hall–Kier alpha value is -3.23. The zero-order valence-corrected chi connectivity index (χ0v) is 17.4. The van der Waals surface area contributed by atoms with Crippen molar-refractivity contribution in [1.29, 1.82) is 0 Å². The maximum absolute atomic E-state index is 12.8. The topological polar surface area (TPSA) is 69.8 Å². The van der Waals surface area contributed by atoms with E-state index in [-0.39, 0.29) is 5.91 Å². The van der Waals surface area contributed by atoms with Gasteiger partial charge in [0.05, 0.1) is 22.5 Å². The Labute approximate surface area is 180 Å². The first-order chi connectivity index (χ1) is 14.6. The number of hydrogen-bond acceptors (Lipinski definition) is 3. The highest BCUT2D eigenvalue weighted by Gasteiger charge is 2.28. The van der Waals surface area contributed by atoms with Crippen LogP contribution < -0.4 is 10.6 Å². The number of halogens is 1. The Morgan fingerprint density at radius 1 is 1.27 bits per heavy atom. The van der Waals surface area contributed by atoms with Gasteiger partial charge in [-0.3, -0.25) is 9.78 Å². The fourth-order valence-corrected chi connectivity index (χ4v) is 3.88. The van der Waals surface area contributed by atoms with Crippen LogP contribution in [0.15, 0.2) is 36.7 Å². The van der Waals surface area contributed by atoms with Gasteiger partial charge in [0.25, 0.3) is 5.91 Å². The number of anilines is 2. The Bertz CT molecular complexity index is 1210. The molecule has 0 saturated heterocycles. The van der Waals surface area contributed by atoms with Gasteiger partial charge < -0.3 is 15.6 Å². The lowest BCUT2D eigenvalue weighted by Crippen LogP contribution is -2.31. The predicted molar refractivity (Wildman–Crippen MR) is 119 cm³/mol. The molecule has 0 spiro atoms. The normalized spacial score (nSPS) is 15.1. The molecule has 3 N–H and O–H groups in total. The summed E-state index contributed by atoms with van der Waals surface area (Å²) in [6.07, 6.45) is 6.63. The Morgan fingerprint density at radius 3 is 2.97 bits per heavy atom. The summed E-state index contributed by atoms with van der Waals surface area (Å²) >= 11 is 6.33. The predicted octanol–water partition coefficient (Wildman–Crippen LogP) is 4.83. The maximum atomic E-state index is 12.8. The van der Waals surface area contributed by atoms with Gasteiger partial charge in [-0.1, -0.05) is 29.5 Å². The molecule has 2 aliphatic rings. The van der Waals surface area contributed by atoms with Crippen molar-refractivity contribution in [2.75, 3.05) is 11.9 Å². The highest BCUT2D eigenvalue weighted by molar-refractivity contribution is 6.31. The van der Waals surface area contributed by atoms with Crippen LogP contribution in [0.2, 0.25) is 5.02 Å². The molecule has 1 saturated carbocycles. The van der Waals surface area contributed by atoms with Crippen LogP contribution in [0.4, 0.5) is 11.4 Å². The molecule has 2 aromatic heterocycles. The number of carbonyl (C=O) groups excluding carboxylic acids is 1. The monoisotopic (exact) mass is 416 g/mol. The van der Waals surface area contributed by atoms with Crippen molar-refractivity contribution in [3.05, 3.63) is 64.1 Å². The first kappa shape index (κ1) is 18.8. The van der Waals surface area contributed by atoms with Crippen LogP contribution >= 0.6 is 11.6 Å². The molecule has 0 bridgehead atoms. The molecule has 0 unspecified atom stereocenters. The maximum Gasteiger partial charge on any atom is 0.255 e. The van der Waals surface area contributed by atoms with Crippen LogP contribution in [0.25, 0.3) is 11.3 Å². The number of rotatable bonds is 3. The molecule has 30 heavy (non-hydrogen) atoms. The van der Waals surface area contributed by atoms with Gasteiger partial charge in [0, 0.05) is 53.2 Å². The smallest absolute Gasteiger partial charge is 0.255 e. The van der Waals surface area contributed by atoms with Crippen LogP contribution in [0.3, 0.4) is 0 Å². The van der Waals surface area contributed by atoms with Crippen LogP contribution in [0, 0.1) is 24.7 Å². The van der Waals surface area contributed by atoms with E-state index >= 15 is 0 Å². The number of aromatic nitrogens is 2. The number of aromatic amines is 1. The van der Waals surface area contributed by atoms with Gasteiger partial charge >= 0.3 is 0 Å². The molecule has 1 aromatic carbocycles. The van der Waals surface area contributed by atoms with Crippen molar-refractivity contribution in [2.24, 2.45) is 5.92 Å². The number of H-pyrrole nitrogens is 1. The summed E-state index contributed by atoms with van der Waals surface area (Å²) in [6.45, 7) is 2.58. The van der Waals surface area contributed by atoms with Crippen molar-refractivity contribution < 1.29 is 4.79 Å². The van der Waals surface area contributed by atoms with E-state index in [0.29, 0.717) is 23.0 Å². The lowest BCUT2D eigenvalue weighted by atomic mass is 10.0. The molecule has 1 fully saturated rings. The molecule has 0 radical (unpaired) electrons. The number of amides is 1. The quantitative estimate of drug-likeness (QED) is 0.535. The Balaban J connectivity index is 1.67. The largest absolute Gasteiger partial charge is 0.356 e. The second-order valence-corrected chi connectivity index (χ2v) is 8.14. The average molecular weight is 417 g/mol. The summed E-state index contributed by atoms with van der Waals surface area (Å²) in [4.78, 5) is 20.5. The van der Waals surface area contributed by atoms with Gasteiger partial charge in [-0.2, -0.15) is 0 Å². The van der Waals surface area contributed by atoms with Gasteiger partial charge in [-0.05, 0) is 43.5 Å². The minimum atomic E-state index is -0.0828. The third kappa shape index (κ3) is 3.44. The summed E-state index contributed by atoms with van der Waals surface area (Å²) in [5.41, 5.74) is 6.75. The van der Waals surface area contributed by atoms with E-state index in [9.17, 15) is 4.79 Å². The number of fused-ring (bicyclic) bond motifs is 1. The Kier molecular flexibility index (Phi) is 4.72. The highest BCUT2D eigenvalue weighted by atomic mass is 35.5. The molecule has 6 heteroatoms. The summed E-state index contributed by atoms with van der Waals surface area (Å²) in [5, 5.41) is 7.11. The zero-order valence-electron chi connectivity index (χ0n) is 16.6. The fraction of sp³-hybridized carbons (Fsp3) is 0.250. The SMILES string of the molecule is Cc1c(Cl)cccc1Nc1c(-c2ccncc2C#CC2CC2)[nH]c2c1C(=O)NCC2. The Morgan fingerprint density at radius 2 is 2.13 bits per heavy atom. The lowest BCUT2D eigenvalue weighted by Gasteiger charge is -2.16. The molecular formula is C24H21ClN4O. The number of nitrogens with one attached hydrogen (secondary N) is 3. The first-order valence-corrected chi connectivity index (χ1v) is 10.5. The van der Waals surface area contributed by atoms with Gasteiger partial charge in [0.2, 0.25) is 0 Å². The summed E-state index contributed by atoms with van der Waals surface area (Å²) in [7, 11) is 0. The fourth-order valence-electron chi connectivity index (χ4n) is 3.70. The summed E-state index contributed by atoms with van der Waals surface area (Å²) in [5.74, 6) is 7.02. The van der Waals surface area contributed by atoms with Gasteiger partial charge in [-0.25, -0.2) is 0 Å². The molecule has 1 aliphatic heterocycles. The van der Waals surface area contributed by atoms with Crippen LogP contribution in [-0.2, 0) is 6.42 Å². The van der Waals surface area contributed by atoms with E-state index in [1.165, 1.54) is 12.8 Å². The minimum absolute atomic E-state index is 0.0828. The van der Waals surface area contributed by atoms with E-state index in [4.69, 9.17) is 11.6 Å². The van der Waals surface area contributed by atoms with E-state index < -0.39 is 0 Å². The van der Waals surface area contributed by atoms with Crippen molar-refractivity contribution in [2.45, 2.75) is 26.2 Å². The molecule has 150 valence electrons.